The molecular weight excluding hydrogens is 463 g/mol. The van der Waals surface area contributed by atoms with Gasteiger partial charge >= 0.3 is 12.0 Å². The highest BCUT2D eigenvalue weighted by Gasteiger charge is 2.37. The Morgan fingerprint density at radius 1 is 1.16 bits per heavy atom. The van der Waals surface area contributed by atoms with Crippen molar-refractivity contribution in [2.45, 2.75) is 13.0 Å². The molecule has 4 amide bonds. The van der Waals surface area contributed by atoms with Crippen LogP contribution in [0.4, 0.5) is 10.5 Å². The van der Waals surface area contributed by atoms with E-state index < -0.39 is 35.5 Å². The van der Waals surface area contributed by atoms with Gasteiger partial charge in [-0.2, -0.15) is 0 Å². The fourth-order valence-corrected chi connectivity index (χ4v) is 3.12. The van der Waals surface area contributed by atoms with Gasteiger partial charge in [-0.25, -0.2) is 14.5 Å². The molecular formula is C21H16Cl2N2O7. The second-order valence-corrected chi connectivity index (χ2v) is 7.35. The Kier molecular flexibility index (Phi) is 6.71. The summed E-state index contributed by atoms with van der Waals surface area (Å²) in [6.07, 6.45) is -0.0604. The molecule has 1 aliphatic rings. The molecule has 2 aromatic rings. The summed E-state index contributed by atoms with van der Waals surface area (Å²) in [4.78, 5) is 49.9. The molecule has 1 atom stereocenters. The van der Waals surface area contributed by atoms with Crippen molar-refractivity contribution in [2.75, 3.05) is 12.0 Å². The van der Waals surface area contributed by atoms with Crippen LogP contribution in [0.3, 0.4) is 0 Å². The van der Waals surface area contributed by atoms with Crippen LogP contribution < -0.4 is 19.7 Å². The first-order valence-corrected chi connectivity index (χ1v) is 9.82. The van der Waals surface area contributed by atoms with Crippen LogP contribution in [-0.2, 0) is 14.4 Å². The van der Waals surface area contributed by atoms with Gasteiger partial charge in [-0.1, -0.05) is 35.3 Å². The van der Waals surface area contributed by atoms with Crippen LogP contribution in [0.15, 0.2) is 42.0 Å². The normalized spacial score (nSPS) is 16.1. The van der Waals surface area contributed by atoms with Crippen molar-refractivity contribution >= 4 is 58.8 Å². The Hall–Kier alpha value is -3.56. The topological polar surface area (TPSA) is 122 Å². The number of imide groups is 2. The quantitative estimate of drug-likeness (QED) is 0.480. The molecule has 1 saturated heterocycles. The molecule has 0 spiro atoms. The van der Waals surface area contributed by atoms with Gasteiger partial charge in [-0.05, 0) is 37.3 Å². The maximum absolute atomic E-state index is 13.1. The number of carbonyl (C=O) groups excluding carboxylic acids is 3. The van der Waals surface area contributed by atoms with Gasteiger partial charge in [0, 0.05) is 5.56 Å². The van der Waals surface area contributed by atoms with Crippen LogP contribution in [0.25, 0.3) is 6.08 Å². The van der Waals surface area contributed by atoms with Gasteiger partial charge < -0.3 is 14.6 Å². The number of ether oxygens (including phenoxy) is 2. The summed E-state index contributed by atoms with van der Waals surface area (Å²) in [5.74, 6) is -2.88. The molecule has 2 aromatic carbocycles. The minimum atomic E-state index is -1.24. The number of amides is 4. The minimum Gasteiger partial charge on any atom is -0.493 e. The number of para-hydroxylation sites is 1. The Bertz CT molecular complexity index is 1160. The van der Waals surface area contributed by atoms with Crippen LogP contribution in [0.2, 0.25) is 10.0 Å². The Labute approximate surface area is 192 Å². The number of urea groups is 1. The Morgan fingerprint density at radius 3 is 2.50 bits per heavy atom. The monoisotopic (exact) mass is 478 g/mol. The molecule has 0 aliphatic carbocycles. The number of rotatable bonds is 6. The maximum atomic E-state index is 13.1. The molecule has 32 heavy (non-hydrogen) atoms. The van der Waals surface area contributed by atoms with Gasteiger partial charge in [0.05, 0.1) is 22.8 Å². The van der Waals surface area contributed by atoms with Crippen LogP contribution in [0.5, 0.6) is 11.5 Å². The standard InChI is InChI=1S/C21H16Cl2N2O7/c1-10(20(28)29)32-17-11(4-3-5-16(17)31-2)8-13-18(26)24-21(30)25(19(13)27)12-6-7-14(22)15(23)9-12/h3-10H,1-2H3,(H,28,29)(H,24,26,30)/b13-8+/t10-/m1/s1. The number of methoxy groups -OCH3 is 1. The van der Waals surface area contributed by atoms with E-state index in [2.05, 4.69) is 5.32 Å². The molecule has 3 rings (SSSR count). The summed E-state index contributed by atoms with van der Waals surface area (Å²) in [6, 6.07) is 7.74. The number of anilines is 1. The third-order valence-electron chi connectivity index (χ3n) is 4.43. The van der Waals surface area contributed by atoms with Crippen molar-refractivity contribution in [1.82, 2.24) is 5.32 Å². The van der Waals surface area contributed by atoms with Gasteiger partial charge in [0.25, 0.3) is 11.8 Å². The molecule has 166 valence electrons. The number of carboxylic acid groups (broad SMARTS) is 1. The molecule has 0 saturated carbocycles. The highest BCUT2D eigenvalue weighted by Crippen LogP contribution is 2.35. The number of aliphatic carboxylic acids is 1. The lowest BCUT2D eigenvalue weighted by Gasteiger charge is -2.26. The molecule has 11 heteroatoms. The average molecular weight is 479 g/mol. The summed E-state index contributed by atoms with van der Waals surface area (Å²) in [5.41, 5.74) is -0.0990. The predicted molar refractivity (Wildman–Crippen MR) is 116 cm³/mol. The van der Waals surface area contributed by atoms with Crippen LogP contribution in [0, 0.1) is 0 Å². The SMILES string of the molecule is COc1cccc(/C=C2\C(=O)NC(=O)N(c3ccc(Cl)c(Cl)c3)C2=O)c1O[C@H](C)C(=O)O. The summed E-state index contributed by atoms with van der Waals surface area (Å²) < 4.78 is 10.7. The van der Waals surface area contributed by atoms with E-state index in [0.717, 1.165) is 4.90 Å². The average Bonchev–Trinajstić information content (AvgIpc) is 2.74. The van der Waals surface area contributed by atoms with E-state index >= 15 is 0 Å². The summed E-state index contributed by atoms with van der Waals surface area (Å²) in [7, 11) is 1.35. The van der Waals surface area contributed by atoms with E-state index in [1.54, 1.807) is 6.07 Å². The molecule has 1 heterocycles. The van der Waals surface area contributed by atoms with E-state index in [9.17, 15) is 24.3 Å². The van der Waals surface area contributed by atoms with Gasteiger partial charge in [0.2, 0.25) is 0 Å². The minimum absolute atomic E-state index is 0.0102. The zero-order valence-electron chi connectivity index (χ0n) is 16.7. The molecule has 0 radical (unpaired) electrons. The van der Waals surface area contributed by atoms with Crippen molar-refractivity contribution < 1.29 is 33.8 Å². The van der Waals surface area contributed by atoms with Crippen LogP contribution >= 0.6 is 23.2 Å². The maximum Gasteiger partial charge on any atom is 0.344 e. The number of hydrogen-bond donors (Lipinski definition) is 2. The van der Waals surface area contributed by atoms with E-state index in [0.29, 0.717) is 0 Å². The van der Waals surface area contributed by atoms with E-state index in [1.807, 2.05) is 0 Å². The van der Waals surface area contributed by atoms with Gasteiger partial charge in [-0.3, -0.25) is 14.9 Å². The second-order valence-electron chi connectivity index (χ2n) is 6.53. The van der Waals surface area contributed by atoms with Crippen LogP contribution in [0.1, 0.15) is 12.5 Å². The van der Waals surface area contributed by atoms with E-state index in [-0.39, 0.29) is 32.8 Å². The van der Waals surface area contributed by atoms with Gasteiger partial charge in [0.1, 0.15) is 5.57 Å². The van der Waals surface area contributed by atoms with E-state index in [4.69, 9.17) is 32.7 Å². The van der Waals surface area contributed by atoms with Crippen molar-refractivity contribution in [3.63, 3.8) is 0 Å². The molecule has 1 aliphatic heterocycles. The number of barbiturate groups is 1. The lowest BCUT2D eigenvalue weighted by molar-refractivity contribution is -0.144. The molecule has 9 nitrogen and oxygen atoms in total. The zero-order chi connectivity index (χ0) is 23.6. The van der Waals surface area contributed by atoms with E-state index in [1.165, 1.54) is 50.4 Å². The molecule has 2 N–H and O–H groups in total. The Morgan fingerprint density at radius 2 is 1.88 bits per heavy atom. The van der Waals surface area contributed by atoms with Crippen LogP contribution in [-0.4, -0.2) is 42.1 Å². The van der Waals surface area contributed by atoms with Gasteiger partial charge in [-0.15, -0.1) is 0 Å². The number of hydrogen-bond acceptors (Lipinski definition) is 6. The lowest BCUT2D eigenvalue weighted by Crippen LogP contribution is -2.54. The number of carboxylic acids is 1. The largest absolute Gasteiger partial charge is 0.493 e. The fourth-order valence-electron chi connectivity index (χ4n) is 2.83. The number of nitrogens with zero attached hydrogens (tertiary/aromatic N) is 1. The first-order valence-electron chi connectivity index (χ1n) is 9.07. The molecule has 0 aromatic heterocycles. The van der Waals surface area contributed by atoms with Crippen molar-refractivity contribution in [2.24, 2.45) is 0 Å². The summed E-state index contributed by atoms with van der Waals surface area (Å²) in [6.45, 7) is 1.31. The zero-order valence-corrected chi connectivity index (χ0v) is 18.2. The molecule has 1 fully saturated rings. The third-order valence-corrected chi connectivity index (χ3v) is 5.17. The number of nitrogens with one attached hydrogen (secondary N) is 1. The second kappa shape index (κ2) is 9.29. The highest BCUT2D eigenvalue weighted by molar-refractivity contribution is 6.43. The number of carbonyl (C=O) groups is 4. The van der Waals surface area contributed by atoms with Gasteiger partial charge in [0.15, 0.2) is 17.6 Å². The summed E-state index contributed by atoms with van der Waals surface area (Å²) in [5, 5.41) is 11.6. The molecule has 0 bridgehead atoms. The number of halogens is 2. The van der Waals surface area contributed by atoms with Crippen molar-refractivity contribution in [3.8, 4) is 11.5 Å². The highest BCUT2D eigenvalue weighted by atomic mass is 35.5. The Balaban J connectivity index is 2.08. The first-order chi connectivity index (χ1) is 15.1. The molecule has 0 unspecified atom stereocenters. The van der Waals surface area contributed by atoms with Crippen molar-refractivity contribution in [3.05, 3.63) is 57.6 Å². The van der Waals surface area contributed by atoms with Crippen molar-refractivity contribution in [1.29, 1.82) is 0 Å². The third kappa shape index (κ3) is 4.53. The predicted octanol–water partition coefficient (Wildman–Crippen LogP) is 3.52. The smallest absolute Gasteiger partial charge is 0.344 e. The summed E-state index contributed by atoms with van der Waals surface area (Å²) >= 11 is 11.9. The first kappa shape index (κ1) is 23.1. The number of benzene rings is 2. The fraction of sp³-hybridized carbons (Fsp3) is 0.143. The lowest BCUT2D eigenvalue weighted by atomic mass is 10.1.